The molecule has 0 atom stereocenters. The number of carbonyl (C=O) groups excluding carboxylic acids is 2. The van der Waals surface area contributed by atoms with Crippen LogP contribution in [-0.4, -0.2) is 54.3 Å². The Labute approximate surface area is 192 Å². The first kappa shape index (κ1) is 21.9. The number of benzene rings is 2. The summed E-state index contributed by atoms with van der Waals surface area (Å²) in [5, 5.41) is 0.681. The molecule has 0 aromatic heterocycles. The molecule has 1 fully saturated rings. The van der Waals surface area contributed by atoms with E-state index in [2.05, 4.69) is 16.7 Å². The van der Waals surface area contributed by atoms with Crippen molar-refractivity contribution in [2.45, 2.75) is 20.8 Å². The molecule has 2 amide bonds. The predicted molar refractivity (Wildman–Crippen MR) is 125 cm³/mol. The monoisotopic (exact) mass is 457 g/mol. The molecule has 2 aromatic carbocycles. The number of nitrogens with zero attached hydrogens (tertiary/aromatic N) is 3. The average molecular weight is 458 g/mol. The standard InChI is InChI=1S/C24H25Cl2N3O2/c1-4-27-9-11-28(12-10-27)22-21(18-7-5-15(2)13-16(18)3)23(30)29(24(22)31)17-6-8-19(25)20(26)14-17/h5-8,13-14H,4,9-12H2,1-3H3. The van der Waals surface area contributed by atoms with Gasteiger partial charge in [0.1, 0.15) is 5.70 Å². The molecule has 5 nitrogen and oxygen atoms in total. The van der Waals surface area contributed by atoms with Gasteiger partial charge in [0.05, 0.1) is 21.3 Å². The van der Waals surface area contributed by atoms with Gasteiger partial charge in [0.15, 0.2) is 0 Å². The Balaban J connectivity index is 1.82. The largest absolute Gasteiger partial charge is 0.364 e. The van der Waals surface area contributed by atoms with Crippen LogP contribution in [0.25, 0.3) is 5.57 Å². The van der Waals surface area contributed by atoms with Crippen molar-refractivity contribution in [3.8, 4) is 0 Å². The van der Waals surface area contributed by atoms with Crippen LogP contribution in [0.3, 0.4) is 0 Å². The Bertz CT molecular complexity index is 1090. The number of likely N-dealkylation sites (N-methyl/N-ethyl adjacent to an activating group) is 1. The van der Waals surface area contributed by atoms with Gasteiger partial charge in [-0.3, -0.25) is 9.59 Å². The van der Waals surface area contributed by atoms with E-state index in [9.17, 15) is 9.59 Å². The zero-order valence-electron chi connectivity index (χ0n) is 17.9. The second-order valence-electron chi connectivity index (χ2n) is 8.01. The molecule has 1 saturated heterocycles. The summed E-state index contributed by atoms with van der Waals surface area (Å²) in [5.41, 5.74) is 4.22. The minimum absolute atomic E-state index is 0.304. The van der Waals surface area contributed by atoms with E-state index in [1.54, 1.807) is 18.2 Å². The normalized spacial score (nSPS) is 17.8. The number of imide groups is 1. The minimum atomic E-state index is -0.330. The van der Waals surface area contributed by atoms with Crippen molar-refractivity contribution >= 4 is 46.3 Å². The van der Waals surface area contributed by atoms with Gasteiger partial charge in [0.2, 0.25) is 0 Å². The minimum Gasteiger partial charge on any atom is -0.364 e. The van der Waals surface area contributed by atoms with E-state index in [4.69, 9.17) is 23.2 Å². The Morgan fingerprint density at radius 2 is 1.58 bits per heavy atom. The van der Waals surface area contributed by atoms with Crippen LogP contribution in [0.4, 0.5) is 5.69 Å². The molecule has 2 aliphatic rings. The number of amides is 2. The van der Waals surface area contributed by atoms with Gasteiger partial charge in [-0.05, 0) is 49.7 Å². The molecule has 0 unspecified atom stereocenters. The van der Waals surface area contributed by atoms with Crippen LogP contribution in [0.15, 0.2) is 42.1 Å². The molecule has 0 N–H and O–H groups in total. The van der Waals surface area contributed by atoms with Crippen molar-refractivity contribution in [2.24, 2.45) is 0 Å². The maximum atomic E-state index is 13.7. The van der Waals surface area contributed by atoms with E-state index in [1.165, 1.54) is 4.90 Å². The van der Waals surface area contributed by atoms with E-state index in [0.29, 0.717) is 40.1 Å². The zero-order chi connectivity index (χ0) is 22.3. The molecular weight excluding hydrogens is 433 g/mol. The Morgan fingerprint density at radius 3 is 2.19 bits per heavy atom. The maximum absolute atomic E-state index is 13.7. The van der Waals surface area contributed by atoms with E-state index >= 15 is 0 Å². The van der Waals surface area contributed by atoms with Crippen LogP contribution >= 0.6 is 23.2 Å². The number of rotatable bonds is 4. The van der Waals surface area contributed by atoms with Crippen molar-refractivity contribution in [2.75, 3.05) is 37.6 Å². The number of aryl methyl sites for hydroxylation is 2. The average Bonchev–Trinajstić information content (AvgIpc) is 3.00. The topological polar surface area (TPSA) is 43.9 Å². The number of hydrogen-bond donors (Lipinski definition) is 0. The number of halogens is 2. The summed E-state index contributed by atoms with van der Waals surface area (Å²) in [6.45, 7) is 10.2. The van der Waals surface area contributed by atoms with Gasteiger partial charge < -0.3 is 9.80 Å². The Kier molecular flexibility index (Phi) is 6.11. The van der Waals surface area contributed by atoms with Crippen molar-refractivity contribution in [3.05, 3.63) is 68.8 Å². The van der Waals surface area contributed by atoms with Gasteiger partial charge in [-0.15, -0.1) is 0 Å². The van der Waals surface area contributed by atoms with Gasteiger partial charge in [-0.2, -0.15) is 0 Å². The lowest BCUT2D eigenvalue weighted by Crippen LogP contribution is -2.47. The highest BCUT2D eigenvalue weighted by Gasteiger charge is 2.43. The zero-order valence-corrected chi connectivity index (χ0v) is 19.4. The summed E-state index contributed by atoms with van der Waals surface area (Å²) in [5.74, 6) is -0.647. The number of piperazine rings is 1. The molecule has 2 heterocycles. The molecule has 0 radical (unpaired) electrons. The Hall–Kier alpha value is -2.34. The number of hydrogen-bond acceptors (Lipinski definition) is 4. The quantitative estimate of drug-likeness (QED) is 0.632. The van der Waals surface area contributed by atoms with Crippen LogP contribution < -0.4 is 4.90 Å². The van der Waals surface area contributed by atoms with Crippen molar-refractivity contribution in [1.29, 1.82) is 0 Å². The first-order valence-corrected chi connectivity index (χ1v) is 11.2. The third kappa shape index (κ3) is 3.98. The van der Waals surface area contributed by atoms with E-state index in [-0.39, 0.29) is 11.8 Å². The van der Waals surface area contributed by atoms with Crippen molar-refractivity contribution < 1.29 is 9.59 Å². The van der Waals surface area contributed by atoms with E-state index < -0.39 is 0 Å². The second-order valence-corrected chi connectivity index (χ2v) is 8.82. The summed E-state index contributed by atoms with van der Waals surface area (Å²) in [7, 11) is 0. The molecule has 0 spiro atoms. The maximum Gasteiger partial charge on any atom is 0.282 e. The molecule has 4 rings (SSSR count). The highest BCUT2D eigenvalue weighted by atomic mass is 35.5. The van der Waals surface area contributed by atoms with Gasteiger partial charge >= 0.3 is 0 Å². The molecule has 162 valence electrons. The van der Waals surface area contributed by atoms with Crippen LogP contribution in [-0.2, 0) is 9.59 Å². The number of anilines is 1. The molecule has 31 heavy (non-hydrogen) atoms. The lowest BCUT2D eigenvalue weighted by atomic mass is 9.97. The molecule has 2 aliphatic heterocycles. The summed E-state index contributed by atoms with van der Waals surface area (Å²) in [4.78, 5) is 32.9. The molecular formula is C24H25Cl2N3O2. The smallest absolute Gasteiger partial charge is 0.282 e. The van der Waals surface area contributed by atoms with Gasteiger partial charge in [0.25, 0.3) is 11.8 Å². The number of carbonyl (C=O) groups is 2. The van der Waals surface area contributed by atoms with E-state index in [1.807, 2.05) is 32.0 Å². The third-order valence-corrected chi connectivity index (χ3v) is 6.75. The van der Waals surface area contributed by atoms with Crippen molar-refractivity contribution in [3.63, 3.8) is 0 Å². The van der Waals surface area contributed by atoms with Crippen LogP contribution in [0, 0.1) is 13.8 Å². The fourth-order valence-corrected chi connectivity index (χ4v) is 4.59. The molecule has 2 aromatic rings. The summed E-state index contributed by atoms with van der Waals surface area (Å²) >= 11 is 12.2. The first-order chi connectivity index (χ1) is 14.8. The summed E-state index contributed by atoms with van der Waals surface area (Å²) < 4.78 is 0. The van der Waals surface area contributed by atoms with Crippen LogP contribution in [0.5, 0.6) is 0 Å². The lowest BCUT2D eigenvalue weighted by molar-refractivity contribution is -0.120. The molecule has 0 saturated carbocycles. The summed E-state index contributed by atoms with van der Waals surface area (Å²) in [6, 6.07) is 10.8. The highest BCUT2D eigenvalue weighted by molar-refractivity contribution is 6.46. The van der Waals surface area contributed by atoms with Gasteiger partial charge in [-0.1, -0.05) is 53.9 Å². The van der Waals surface area contributed by atoms with Gasteiger partial charge in [-0.25, -0.2) is 4.90 Å². The highest BCUT2D eigenvalue weighted by Crippen LogP contribution is 2.38. The van der Waals surface area contributed by atoms with Gasteiger partial charge in [0, 0.05) is 26.2 Å². The predicted octanol–water partition coefficient (Wildman–Crippen LogP) is 4.53. The Morgan fingerprint density at radius 1 is 0.871 bits per heavy atom. The second kappa shape index (κ2) is 8.65. The fraction of sp³-hybridized carbons (Fsp3) is 0.333. The van der Waals surface area contributed by atoms with Crippen LogP contribution in [0.1, 0.15) is 23.6 Å². The first-order valence-electron chi connectivity index (χ1n) is 10.4. The molecule has 0 aliphatic carbocycles. The van der Waals surface area contributed by atoms with E-state index in [0.717, 1.165) is 36.3 Å². The molecule has 0 bridgehead atoms. The van der Waals surface area contributed by atoms with Crippen LogP contribution in [0.2, 0.25) is 10.0 Å². The molecule has 7 heteroatoms. The lowest BCUT2D eigenvalue weighted by Gasteiger charge is -2.36. The van der Waals surface area contributed by atoms with Crippen molar-refractivity contribution in [1.82, 2.24) is 9.80 Å². The summed E-state index contributed by atoms with van der Waals surface area (Å²) in [6.07, 6.45) is 0. The fourth-order valence-electron chi connectivity index (χ4n) is 4.29. The SMILES string of the molecule is CCN1CCN(C2=C(c3ccc(C)cc3C)C(=O)N(c3ccc(Cl)c(Cl)c3)C2=O)CC1. The third-order valence-electron chi connectivity index (χ3n) is 6.01.